The molecule has 0 aliphatic carbocycles. The van der Waals surface area contributed by atoms with Crippen molar-refractivity contribution in [2.75, 3.05) is 6.54 Å². The molecule has 1 aliphatic rings. The summed E-state index contributed by atoms with van der Waals surface area (Å²) in [5.41, 5.74) is 0.399. The number of hydrogen-bond acceptors (Lipinski definition) is 6. The average Bonchev–Trinajstić information content (AvgIpc) is 2.83. The minimum atomic E-state index is -3.67. The minimum Gasteiger partial charge on any atom is -0.451 e. The van der Waals surface area contributed by atoms with Crippen LogP contribution in [0.25, 0.3) is 0 Å². The van der Waals surface area contributed by atoms with E-state index in [0.29, 0.717) is 12.1 Å². The van der Waals surface area contributed by atoms with Crippen LogP contribution in [0.15, 0.2) is 34.2 Å². The molecule has 1 aromatic carbocycles. The first-order chi connectivity index (χ1) is 11.8. The second-order valence-electron chi connectivity index (χ2n) is 5.63. The summed E-state index contributed by atoms with van der Waals surface area (Å²) in [5, 5.41) is 2.63. The van der Waals surface area contributed by atoms with Gasteiger partial charge in [-0.2, -0.15) is 0 Å². The molecule has 0 aromatic heterocycles. The van der Waals surface area contributed by atoms with Gasteiger partial charge in [-0.05, 0) is 32.4 Å². The maximum Gasteiger partial charge on any atom is 0.331 e. The molecule has 1 amide bonds. The number of carbonyl (C=O) groups is 2. The largest absolute Gasteiger partial charge is 0.451 e. The molecule has 0 bridgehead atoms. The van der Waals surface area contributed by atoms with E-state index in [4.69, 9.17) is 4.74 Å². The van der Waals surface area contributed by atoms with E-state index in [9.17, 15) is 18.0 Å². The van der Waals surface area contributed by atoms with Crippen LogP contribution in [-0.4, -0.2) is 44.8 Å². The summed E-state index contributed by atoms with van der Waals surface area (Å²) in [6.07, 6.45) is -0.176. The van der Waals surface area contributed by atoms with Gasteiger partial charge < -0.3 is 10.1 Å². The number of ether oxygens (including phenoxy) is 1. The molecule has 2 rings (SSSR count). The highest BCUT2D eigenvalue weighted by atomic mass is 32.2. The molecular weight excluding hydrogens is 346 g/mol. The molecule has 0 radical (unpaired) electrons. The molecule has 2 N–H and O–H groups in total. The lowest BCUT2D eigenvalue weighted by Crippen LogP contribution is -2.38. The van der Waals surface area contributed by atoms with E-state index in [2.05, 4.69) is 15.0 Å². The SMILES string of the molecule is CCCNC(=O)C(C)OC(=O)[C@H](C)N=C1NS(=O)(=O)c2ccccc21. The second-order valence-corrected chi connectivity index (χ2v) is 7.28. The molecule has 1 aromatic rings. The summed E-state index contributed by atoms with van der Waals surface area (Å²) in [6.45, 7) is 5.35. The van der Waals surface area contributed by atoms with E-state index in [-0.39, 0.29) is 16.6 Å². The molecule has 0 saturated heterocycles. The van der Waals surface area contributed by atoms with E-state index < -0.39 is 28.1 Å². The Hall–Kier alpha value is -2.42. The highest BCUT2D eigenvalue weighted by Crippen LogP contribution is 2.22. The Morgan fingerprint density at radius 1 is 1.28 bits per heavy atom. The summed E-state index contributed by atoms with van der Waals surface area (Å²) in [6, 6.07) is 5.38. The zero-order valence-corrected chi connectivity index (χ0v) is 15.1. The molecule has 0 saturated carbocycles. The molecule has 1 aliphatic heterocycles. The fraction of sp³-hybridized carbons (Fsp3) is 0.438. The van der Waals surface area contributed by atoms with Crippen molar-refractivity contribution in [2.45, 2.75) is 44.2 Å². The fourth-order valence-electron chi connectivity index (χ4n) is 2.19. The Labute approximate surface area is 146 Å². The van der Waals surface area contributed by atoms with Crippen LogP contribution >= 0.6 is 0 Å². The van der Waals surface area contributed by atoms with Gasteiger partial charge in [-0.3, -0.25) is 14.5 Å². The first-order valence-electron chi connectivity index (χ1n) is 7.94. The predicted molar refractivity (Wildman–Crippen MR) is 91.6 cm³/mol. The van der Waals surface area contributed by atoms with Gasteiger partial charge in [0.25, 0.3) is 15.9 Å². The number of sulfonamides is 1. The summed E-state index contributed by atoms with van der Waals surface area (Å²) in [5.74, 6) is -1.01. The Morgan fingerprint density at radius 3 is 2.64 bits per heavy atom. The van der Waals surface area contributed by atoms with Gasteiger partial charge in [-0.25, -0.2) is 13.2 Å². The van der Waals surface area contributed by atoms with Gasteiger partial charge in [-0.1, -0.05) is 19.1 Å². The third-order valence-corrected chi connectivity index (χ3v) is 4.94. The van der Waals surface area contributed by atoms with Crippen molar-refractivity contribution in [1.29, 1.82) is 0 Å². The molecule has 0 fully saturated rings. The number of rotatable bonds is 6. The van der Waals surface area contributed by atoms with Gasteiger partial charge in [-0.15, -0.1) is 0 Å². The van der Waals surface area contributed by atoms with E-state index in [1.807, 2.05) is 6.92 Å². The topological polar surface area (TPSA) is 114 Å². The number of nitrogens with zero attached hydrogens (tertiary/aromatic N) is 1. The number of hydrogen-bond donors (Lipinski definition) is 2. The van der Waals surface area contributed by atoms with Gasteiger partial charge in [0.2, 0.25) is 0 Å². The van der Waals surface area contributed by atoms with Gasteiger partial charge in [0.05, 0.1) is 4.90 Å². The van der Waals surface area contributed by atoms with E-state index in [1.165, 1.54) is 19.9 Å². The van der Waals surface area contributed by atoms with Crippen molar-refractivity contribution in [2.24, 2.45) is 4.99 Å². The van der Waals surface area contributed by atoms with Crippen LogP contribution in [-0.2, 0) is 24.3 Å². The van der Waals surface area contributed by atoms with E-state index in [1.54, 1.807) is 18.2 Å². The summed E-state index contributed by atoms with van der Waals surface area (Å²) < 4.78 is 31.4. The summed E-state index contributed by atoms with van der Waals surface area (Å²) in [4.78, 5) is 28.1. The van der Waals surface area contributed by atoms with Crippen molar-refractivity contribution in [3.8, 4) is 0 Å². The summed E-state index contributed by atoms with van der Waals surface area (Å²) in [7, 11) is -3.67. The smallest absolute Gasteiger partial charge is 0.331 e. The van der Waals surface area contributed by atoms with Crippen LogP contribution in [0.5, 0.6) is 0 Å². The number of carbonyl (C=O) groups excluding carboxylic acids is 2. The van der Waals surface area contributed by atoms with Crippen LogP contribution < -0.4 is 10.0 Å². The third kappa shape index (κ3) is 4.36. The van der Waals surface area contributed by atoms with Crippen LogP contribution in [0.4, 0.5) is 0 Å². The maximum absolute atomic E-state index is 12.1. The lowest BCUT2D eigenvalue weighted by Gasteiger charge is -2.15. The Morgan fingerprint density at radius 2 is 1.96 bits per heavy atom. The molecule has 0 spiro atoms. The van der Waals surface area contributed by atoms with Crippen molar-refractivity contribution < 1.29 is 22.7 Å². The number of esters is 1. The number of amides is 1. The standard InChI is InChI=1S/C16H21N3O5S/c1-4-9-17-15(20)11(3)24-16(21)10(2)18-14-12-7-5-6-8-13(12)25(22,23)19-14/h5-8,10-11H,4,9H2,1-3H3,(H,17,20)(H,18,19)/t10-,11?/m0/s1. The molecule has 1 heterocycles. The van der Waals surface area contributed by atoms with E-state index >= 15 is 0 Å². The molecule has 1 unspecified atom stereocenters. The first-order valence-corrected chi connectivity index (χ1v) is 9.42. The highest BCUT2D eigenvalue weighted by Gasteiger charge is 2.31. The van der Waals surface area contributed by atoms with Crippen molar-refractivity contribution >= 4 is 27.7 Å². The third-order valence-electron chi connectivity index (χ3n) is 3.54. The normalized spacial score (nSPS) is 18.8. The van der Waals surface area contributed by atoms with Crippen LogP contribution in [0.2, 0.25) is 0 Å². The first kappa shape index (κ1) is 18.9. The zero-order valence-electron chi connectivity index (χ0n) is 14.3. The lowest BCUT2D eigenvalue weighted by molar-refractivity contribution is -0.155. The Kier molecular flexibility index (Phi) is 5.78. The Balaban J connectivity index is 2.09. The van der Waals surface area contributed by atoms with Gasteiger partial charge in [0.15, 0.2) is 6.10 Å². The van der Waals surface area contributed by atoms with Crippen LogP contribution in [0.3, 0.4) is 0 Å². The molecular formula is C16H21N3O5S. The average molecular weight is 367 g/mol. The monoisotopic (exact) mass is 367 g/mol. The summed E-state index contributed by atoms with van der Waals surface area (Å²) >= 11 is 0. The molecule has 25 heavy (non-hydrogen) atoms. The predicted octanol–water partition coefficient (Wildman–Crippen LogP) is 0.571. The van der Waals surface area contributed by atoms with Crippen molar-refractivity contribution in [3.05, 3.63) is 29.8 Å². The van der Waals surface area contributed by atoms with Crippen LogP contribution in [0, 0.1) is 0 Å². The molecule has 8 nitrogen and oxygen atoms in total. The second kappa shape index (κ2) is 7.64. The number of fused-ring (bicyclic) bond motifs is 1. The van der Waals surface area contributed by atoms with Crippen LogP contribution in [0.1, 0.15) is 32.8 Å². The fourth-order valence-corrected chi connectivity index (χ4v) is 3.43. The number of amidine groups is 1. The van der Waals surface area contributed by atoms with Gasteiger partial charge >= 0.3 is 5.97 Å². The number of aliphatic imine (C=N–C) groups is 1. The van der Waals surface area contributed by atoms with Gasteiger partial charge in [0.1, 0.15) is 11.9 Å². The highest BCUT2D eigenvalue weighted by molar-refractivity contribution is 7.90. The number of benzene rings is 1. The van der Waals surface area contributed by atoms with Crippen molar-refractivity contribution in [3.63, 3.8) is 0 Å². The quantitative estimate of drug-likeness (QED) is 0.714. The molecule has 9 heteroatoms. The zero-order chi connectivity index (χ0) is 18.6. The van der Waals surface area contributed by atoms with Crippen molar-refractivity contribution in [1.82, 2.24) is 10.0 Å². The molecule has 2 atom stereocenters. The molecule has 136 valence electrons. The lowest BCUT2D eigenvalue weighted by atomic mass is 10.2. The Bertz CT molecular complexity index is 804. The van der Waals surface area contributed by atoms with E-state index in [0.717, 1.165) is 6.42 Å². The van der Waals surface area contributed by atoms with Gasteiger partial charge in [0, 0.05) is 12.1 Å². The maximum atomic E-state index is 12.1. The number of nitrogens with one attached hydrogen (secondary N) is 2. The minimum absolute atomic E-state index is 0.0862.